The summed E-state index contributed by atoms with van der Waals surface area (Å²) < 4.78 is 5.84. The zero-order valence-electron chi connectivity index (χ0n) is 9.03. The van der Waals surface area contributed by atoms with Gasteiger partial charge in [-0.25, -0.2) is 4.79 Å². The van der Waals surface area contributed by atoms with Gasteiger partial charge in [-0.05, 0) is 37.1 Å². The van der Waals surface area contributed by atoms with Crippen LogP contribution in [-0.2, 0) is 16.0 Å². The van der Waals surface area contributed by atoms with Gasteiger partial charge >= 0.3 is 5.97 Å². The number of esters is 1. The Labute approximate surface area is 103 Å². The average Bonchev–Trinajstić information content (AvgIpc) is 2.26. The molecule has 0 saturated carbocycles. The fourth-order valence-corrected chi connectivity index (χ4v) is 1.80. The molecule has 0 atom stereocenters. The molecule has 4 heteroatoms. The maximum absolute atomic E-state index is 11.6. The maximum atomic E-state index is 11.6. The standard InChI is InChI=1S/C12H13BrO3/c1-2-16-12(15)11-6-5-10(13)8-9(11)4-3-7-14/h5-8H,2-4H2,1H3. The highest BCUT2D eigenvalue weighted by Crippen LogP contribution is 2.18. The molecule has 0 N–H and O–H groups in total. The van der Waals surface area contributed by atoms with Crippen LogP contribution in [0.1, 0.15) is 29.3 Å². The summed E-state index contributed by atoms with van der Waals surface area (Å²) in [7, 11) is 0. The first-order valence-electron chi connectivity index (χ1n) is 5.08. The highest BCUT2D eigenvalue weighted by molar-refractivity contribution is 9.10. The second-order valence-corrected chi connectivity index (χ2v) is 4.14. The van der Waals surface area contributed by atoms with E-state index in [-0.39, 0.29) is 5.97 Å². The van der Waals surface area contributed by atoms with E-state index in [4.69, 9.17) is 4.74 Å². The van der Waals surface area contributed by atoms with Crippen molar-refractivity contribution in [2.45, 2.75) is 19.8 Å². The summed E-state index contributed by atoms with van der Waals surface area (Å²) in [5, 5.41) is 0. The van der Waals surface area contributed by atoms with Crippen molar-refractivity contribution >= 4 is 28.2 Å². The molecule has 0 radical (unpaired) electrons. The number of ether oxygens (including phenoxy) is 1. The van der Waals surface area contributed by atoms with Gasteiger partial charge in [-0.15, -0.1) is 0 Å². The number of carbonyl (C=O) groups is 2. The summed E-state index contributed by atoms with van der Waals surface area (Å²) in [6, 6.07) is 5.34. The van der Waals surface area contributed by atoms with Crippen molar-refractivity contribution in [2.75, 3.05) is 6.61 Å². The molecule has 0 bridgehead atoms. The Bertz CT molecular complexity index is 388. The first-order valence-corrected chi connectivity index (χ1v) is 5.87. The van der Waals surface area contributed by atoms with Crippen molar-refractivity contribution in [3.05, 3.63) is 33.8 Å². The molecule has 0 aromatic heterocycles. The molecule has 0 aliphatic heterocycles. The molecule has 0 aliphatic carbocycles. The van der Waals surface area contributed by atoms with Crippen molar-refractivity contribution in [1.29, 1.82) is 0 Å². The van der Waals surface area contributed by atoms with Crippen LogP contribution in [0.3, 0.4) is 0 Å². The van der Waals surface area contributed by atoms with Gasteiger partial charge in [0.05, 0.1) is 12.2 Å². The average molecular weight is 285 g/mol. The van der Waals surface area contributed by atoms with E-state index in [1.165, 1.54) is 0 Å². The number of rotatable bonds is 5. The number of halogens is 1. The van der Waals surface area contributed by atoms with Gasteiger partial charge in [0.25, 0.3) is 0 Å². The van der Waals surface area contributed by atoms with Crippen molar-refractivity contribution < 1.29 is 14.3 Å². The third-order valence-electron chi connectivity index (χ3n) is 2.09. The fraction of sp³-hybridized carbons (Fsp3) is 0.333. The van der Waals surface area contributed by atoms with Gasteiger partial charge in [0, 0.05) is 10.9 Å². The molecular weight excluding hydrogens is 272 g/mol. The monoisotopic (exact) mass is 284 g/mol. The lowest BCUT2D eigenvalue weighted by atomic mass is 10.0. The number of aldehydes is 1. The lowest BCUT2D eigenvalue weighted by Crippen LogP contribution is -2.08. The SMILES string of the molecule is CCOC(=O)c1ccc(Br)cc1CCC=O. The predicted octanol–water partition coefficient (Wildman–Crippen LogP) is 2.76. The lowest BCUT2D eigenvalue weighted by molar-refractivity contribution is -0.107. The largest absolute Gasteiger partial charge is 0.462 e. The van der Waals surface area contributed by atoms with Gasteiger partial charge in [-0.3, -0.25) is 0 Å². The molecule has 1 rings (SSSR count). The van der Waals surface area contributed by atoms with Crippen LogP contribution in [0.5, 0.6) is 0 Å². The minimum atomic E-state index is -0.337. The van der Waals surface area contributed by atoms with Gasteiger partial charge in [0.2, 0.25) is 0 Å². The van der Waals surface area contributed by atoms with E-state index < -0.39 is 0 Å². The molecule has 0 saturated heterocycles. The van der Waals surface area contributed by atoms with Gasteiger partial charge in [0.1, 0.15) is 6.29 Å². The summed E-state index contributed by atoms with van der Waals surface area (Å²) in [5.74, 6) is -0.337. The molecule has 0 unspecified atom stereocenters. The van der Waals surface area contributed by atoms with E-state index in [1.807, 2.05) is 6.07 Å². The van der Waals surface area contributed by atoms with Crippen LogP contribution in [0.15, 0.2) is 22.7 Å². The van der Waals surface area contributed by atoms with Gasteiger partial charge in [-0.2, -0.15) is 0 Å². The van der Waals surface area contributed by atoms with Crippen LogP contribution in [0.2, 0.25) is 0 Å². The third-order valence-corrected chi connectivity index (χ3v) is 2.59. The first kappa shape index (κ1) is 12.9. The number of carbonyl (C=O) groups excluding carboxylic acids is 2. The minimum absolute atomic E-state index is 0.337. The molecule has 1 aromatic rings. The van der Waals surface area contributed by atoms with Gasteiger partial charge in [0.15, 0.2) is 0 Å². The van der Waals surface area contributed by atoms with Crippen molar-refractivity contribution in [2.24, 2.45) is 0 Å². The second kappa shape index (κ2) is 6.43. The highest BCUT2D eigenvalue weighted by atomic mass is 79.9. The van der Waals surface area contributed by atoms with Crippen LogP contribution in [0, 0.1) is 0 Å². The van der Waals surface area contributed by atoms with Crippen LogP contribution < -0.4 is 0 Å². The van der Waals surface area contributed by atoms with E-state index >= 15 is 0 Å². The molecule has 3 nitrogen and oxygen atoms in total. The van der Waals surface area contributed by atoms with Gasteiger partial charge in [-0.1, -0.05) is 15.9 Å². The first-order chi connectivity index (χ1) is 7.69. The zero-order chi connectivity index (χ0) is 12.0. The van der Waals surface area contributed by atoms with E-state index in [1.54, 1.807) is 19.1 Å². The molecular formula is C12H13BrO3. The van der Waals surface area contributed by atoms with E-state index in [9.17, 15) is 9.59 Å². The Morgan fingerprint density at radius 3 is 2.88 bits per heavy atom. The van der Waals surface area contributed by atoms with E-state index in [2.05, 4.69) is 15.9 Å². The number of aryl methyl sites for hydroxylation is 1. The summed E-state index contributed by atoms with van der Waals surface area (Å²) in [4.78, 5) is 22.0. The molecule has 0 aliphatic rings. The third kappa shape index (κ3) is 3.45. The van der Waals surface area contributed by atoms with Crippen molar-refractivity contribution in [3.8, 4) is 0 Å². The Kier molecular flexibility index (Phi) is 5.19. The van der Waals surface area contributed by atoms with Crippen LogP contribution in [0.25, 0.3) is 0 Å². The zero-order valence-corrected chi connectivity index (χ0v) is 10.6. The maximum Gasteiger partial charge on any atom is 0.338 e. The number of hydrogen-bond donors (Lipinski definition) is 0. The summed E-state index contributed by atoms with van der Waals surface area (Å²) >= 11 is 3.34. The minimum Gasteiger partial charge on any atom is -0.462 e. The summed E-state index contributed by atoms with van der Waals surface area (Å²) in [5.41, 5.74) is 1.37. The molecule has 86 valence electrons. The highest BCUT2D eigenvalue weighted by Gasteiger charge is 2.12. The molecule has 0 spiro atoms. The van der Waals surface area contributed by atoms with Crippen molar-refractivity contribution in [1.82, 2.24) is 0 Å². The molecule has 16 heavy (non-hydrogen) atoms. The van der Waals surface area contributed by atoms with Gasteiger partial charge < -0.3 is 9.53 Å². The Hall–Kier alpha value is -1.16. The number of hydrogen-bond acceptors (Lipinski definition) is 3. The Balaban J connectivity index is 2.96. The van der Waals surface area contributed by atoms with Crippen LogP contribution >= 0.6 is 15.9 Å². The van der Waals surface area contributed by atoms with Crippen molar-refractivity contribution in [3.63, 3.8) is 0 Å². The predicted molar refractivity (Wildman–Crippen MR) is 64.5 cm³/mol. The Morgan fingerprint density at radius 1 is 1.50 bits per heavy atom. The number of benzene rings is 1. The van der Waals surface area contributed by atoms with E-state index in [0.717, 1.165) is 16.3 Å². The smallest absolute Gasteiger partial charge is 0.338 e. The van der Waals surface area contributed by atoms with Crippen LogP contribution in [0.4, 0.5) is 0 Å². The lowest BCUT2D eigenvalue weighted by Gasteiger charge is -2.08. The molecule has 0 heterocycles. The summed E-state index contributed by atoms with van der Waals surface area (Å²) in [6.07, 6.45) is 1.80. The topological polar surface area (TPSA) is 43.4 Å². The van der Waals surface area contributed by atoms with Crippen LogP contribution in [-0.4, -0.2) is 18.9 Å². The molecule has 0 fully saturated rings. The fourth-order valence-electron chi connectivity index (χ4n) is 1.39. The van der Waals surface area contributed by atoms with E-state index in [0.29, 0.717) is 25.0 Å². The second-order valence-electron chi connectivity index (χ2n) is 3.23. The normalized spacial score (nSPS) is 9.88. The summed E-state index contributed by atoms with van der Waals surface area (Å²) in [6.45, 7) is 2.11. The molecule has 0 amide bonds. The molecule has 1 aromatic carbocycles. The quantitative estimate of drug-likeness (QED) is 0.617. The Morgan fingerprint density at radius 2 is 2.25 bits per heavy atom.